The summed E-state index contributed by atoms with van der Waals surface area (Å²) in [6.45, 7) is -1.08. The first kappa shape index (κ1) is 17.4. The summed E-state index contributed by atoms with van der Waals surface area (Å²) in [5, 5.41) is 2.70. The van der Waals surface area contributed by atoms with Gasteiger partial charge in [0.05, 0.1) is 19.0 Å². The number of carbonyl (C=O) groups excluding carboxylic acids is 1. The van der Waals surface area contributed by atoms with Gasteiger partial charge in [0.2, 0.25) is 5.91 Å². The van der Waals surface area contributed by atoms with Crippen LogP contribution < -0.4 is 14.8 Å². The fourth-order valence-corrected chi connectivity index (χ4v) is 1.92. The molecule has 1 aromatic carbocycles. The lowest BCUT2D eigenvalue weighted by molar-refractivity contribution is -0.111. The van der Waals surface area contributed by atoms with Crippen LogP contribution in [0.5, 0.6) is 11.5 Å². The number of nitrogens with zero attached hydrogens (tertiary/aromatic N) is 1. The average molecular weight is 334 g/mol. The number of carbonyl (C=O) groups is 1. The number of aryl methyl sites for hydroxylation is 1. The summed E-state index contributed by atoms with van der Waals surface area (Å²) in [5.41, 5.74) is 2.11. The highest BCUT2D eigenvalue weighted by atomic mass is 19.3. The summed E-state index contributed by atoms with van der Waals surface area (Å²) in [5.74, 6) is -0.251. The first-order valence-electron chi connectivity index (χ1n) is 7.02. The van der Waals surface area contributed by atoms with E-state index < -0.39 is 6.61 Å². The number of ether oxygens (including phenoxy) is 2. The molecule has 1 aromatic heterocycles. The predicted octanol–water partition coefficient (Wildman–Crippen LogP) is 3.65. The standard InChI is InChI=1S/C17H16F2N2O3/c1-11-7-8-20-10-13(11)21-16(22)6-4-12-3-5-14(24-17(18)19)15(9-12)23-2/h3-10,17H,1-2H3,(H,21,22)/b6-4+. The first-order valence-corrected chi connectivity index (χ1v) is 7.02. The third-order valence-corrected chi connectivity index (χ3v) is 3.13. The summed E-state index contributed by atoms with van der Waals surface area (Å²) in [7, 11) is 1.35. The molecule has 0 unspecified atom stereocenters. The van der Waals surface area contributed by atoms with E-state index in [1.54, 1.807) is 24.5 Å². The average Bonchev–Trinajstić information content (AvgIpc) is 2.55. The summed E-state index contributed by atoms with van der Waals surface area (Å²) < 4.78 is 33.9. The highest BCUT2D eigenvalue weighted by Crippen LogP contribution is 2.29. The molecule has 2 rings (SSSR count). The highest BCUT2D eigenvalue weighted by Gasteiger charge is 2.10. The molecule has 0 bridgehead atoms. The minimum Gasteiger partial charge on any atom is -0.493 e. The molecule has 0 saturated carbocycles. The molecule has 0 radical (unpaired) electrons. The van der Waals surface area contributed by atoms with E-state index in [0.717, 1.165) is 5.56 Å². The van der Waals surface area contributed by atoms with Crippen LogP contribution in [0, 0.1) is 6.92 Å². The van der Waals surface area contributed by atoms with Crippen LogP contribution in [0.15, 0.2) is 42.7 Å². The number of rotatable bonds is 6. The van der Waals surface area contributed by atoms with Gasteiger partial charge in [-0.05, 0) is 42.3 Å². The van der Waals surface area contributed by atoms with Crippen molar-refractivity contribution >= 4 is 17.7 Å². The number of alkyl halides is 2. The molecule has 1 amide bonds. The summed E-state index contributed by atoms with van der Waals surface area (Å²) in [6, 6.07) is 6.18. The highest BCUT2D eigenvalue weighted by molar-refractivity contribution is 6.02. The van der Waals surface area contributed by atoms with E-state index in [9.17, 15) is 13.6 Å². The number of amides is 1. The van der Waals surface area contributed by atoms with Crippen LogP contribution in [0.3, 0.4) is 0 Å². The Bertz CT molecular complexity index is 748. The largest absolute Gasteiger partial charge is 0.493 e. The topological polar surface area (TPSA) is 60.5 Å². The maximum Gasteiger partial charge on any atom is 0.387 e. The van der Waals surface area contributed by atoms with Crippen molar-refractivity contribution in [2.75, 3.05) is 12.4 Å². The molecular weight excluding hydrogens is 318 g/mol. The van der Waals surface area contributed by atoms with E-state index in [2.05, 4.69) is 15.0 Å². The van der Waals surface area contributed by atoms with Crippen LogP contribution >= 0.6 is 0 Å². The Hall–Kier alpha value is -2.96. The van der Waals surface area contributed by atoms with Gasteiger partial charge in [0, 0.05) is 12.3 Å². The minimum absolute atomic E-state index is 0.0694. The molecule has 1 N–H and O–H groups in total. The number of nitrogens with one attached hydrogen (secondary N) is 1. The zero-order valence-electron chi connectivity index (χ0n) is 13.1. The normalized spacial score (nSPS) is 10.9. The molecule has 0 aliphatic rings. The van der Waals surface area contributed by atoms with E-state index >= 15 is 0 Å². The summed E-state index contributed by atoms with van der Waals surface area (Å²) >= 11 is 0. The third-order valence-electron chi connectivity index (χ3n) is 3.13. The second kappa shape index (κ2) is 8.05. The van der Waals surface area contributed by atoms with Crippen molar-refractivity contribution < 1.29 is 23.0 Å². The van der Waals surface area contributed by atoms with Crippen molar-refractivity contribution in [2.24, 2.45) is 0 Å². The molecule has 5 nitrogen and oxygen atoms in total. The van der Waals surface area contributed by atoms with E-state index in [-0.39, 0.29) is 17.4 Å². The number of hydrogen-bond acceptors (Lipinski definition) is 4. The molecule has 0 spiro atoms. The van der Waals surface area contributed by atoms with Crippen molar-refractivity contribution in [1.82, 2.24) is 4.98 Å². The van der Waals surface area contributed by atoms with Crippen molar-refractivity contribution in [3.63, 3.8) is 0 Å². The van der Waals surface area contributed by atoms with Crippen LogP contribution in [0.2, 0.25) is 0 Å². The van der Waals surface area contributed by atoms with Crippen LogP contribution in [0.25, 0.3) is 6.08 Å². The Morgan fingerprint density at radius 3 is 2.75 bits per heavy atom. The number of aromatic nitrogens is 1. The number of hydrogen-bond donors (Lipinski definition) is 1. The number of pyridine rings is 1. The minimum atomic E-state index is -2.94. The first-order chi connectivity index (χ1) is 11.5. The molecule has 2 aromatic rings. The van der Waals surface area contributed by atoms with E-state index in [1.165, 1.54) is 31.4 Å². The zero-order chi connectivity index (χ0) is 17.5. The van der Waals surface area contributed by atoms with Gasteiger partial charge in [-0.25, -0.2) is 0 Å². The Balaban J connectivity index is 2.08. The fourth-order valence-electron chi connectivity index (χ4n) is 1.92. The molecule has 0 aliphatic carbocycles. The lowest BCUT2D eigenvalue weighted by Crippen LogP contribution is -2.09. The smallest absolute Gasteiger partial charge is 0.387 e. The monoisotopic (exact) mass is 334 g/mol. The molecule has 24 heavy (non-hydrogen) atoms. The van der Waals surface area contributed by atoms with Gasteiger partial charge >= 0.3 is 6.61 Å². The summed E-state index contributed by atoms with van der Waals surface area (Å²) in [6.07, 6.45) is 6.06. The summed E-state index contributed by atoms with van der Waals surface area (Å²) in [4.78, 5) is 15.9. The van der Waals surface area contributed by atoms with Gasteiger partial charge in [-0.2, -0.15) is 8.78 Å². The third kappa shape index (κ3) is 4.77. The second-order valence-corrected chi connectivity index (χ2v) is 4.80. The maximum atomic E-state index is 12.3. The maximum absolute atomic E-state index is 12.3. The molecule has 1 heterocycles. The van der Waals surface area contributed by atoms with Crippen molar-refractivity contribution in [3.8, 4) is 11.5 Å². The Morgan fingerprint density at radius 1 is 1.29 bits per heavy atom. The molecule has 126 valence electrons. The van der Waals surface area contributed by atoms with Crippen LogP contribution in [-0.2, 0) is 4.79 Å². The van der Waals surface area contributed by atoms with Gasteiger partial charge < -0.3 is 14.8 Å². The number of methoxy groups -OCH3 is 1. The Morgan fingerprint density at radius 2 is 2.08 bits per heavy atom. The van der Waals surface area contributed by atoms with Gasteiger partial charge in [0.15, 0.2) is 11.5 Å². The molecule has 7 heteroatoms. The van der Waals surface area contributed by atoms with Crippen molar-refractivity contribution in [1.29, 1.82) is 0 Å². The number of benzene rings is 1. The van der Waals surface area contributed by atoms with Gasteiger partial charge in [0.25, 0.3) is 0 Å². The van der Waals surface area contributed by atoms with Crippen molar-refractivity contribution in [2.45, 2.75) is 13.5 Å². The SMILES string of the molecule is COc1cc(/C=C/C(=O)Nc2cnccc2C)ccc1OC(F)F. The second-order valence-electron chi connectivity index (χ2n) is 4.80. The van der Waals surface area contributed by atoms with Crippen molar-refractivity contribution in [3.05, 3.63) is 53.9 Å². The van der Waals surface area contributed by atoms with Gasteiger partial charge in [-0.1, -0.05) is 6.07 Å². The quantitative estimate of drug-likeness (QED) is 0.819. The van der Waals surface area contributed by atoms with E-state index in [1.807, 2.05) is 6.92 Å². The molecular formula is C17H16F2N2O3. The molecule has 0 saturated heterocycles. The zero-order valence-corrected chi connectivity index (χ0v) is 13.1. The lowest BCUT2D eigenvalue weighted by atomic mass is 10.2. The van der Waals surface area contributed by atoms with Crippen LogP contribution in [-0.4, -0.2) is 24.6 Å². The van der Waals surface area contributed by atoms with Gasteiger partial charge in [-0.3, -0.25) is 9.78 Å². The number of halogens is 2. The predicted molar refractivity (Wildman–Crippen MR) is 86.3 cm³/mol. The fraction of sp³-hybridized carbons (Fsp3) is 0.176. The lowest BCUT2D eigenvalue weighted by Gasteiger charge is -2.10. The molecule has 0 aliphatic heterocycles. The molecule has 0 fully saturated rings. The van der Waals surface area contributed by atoms with Gasteiger partial charge in [0.1, 0.15) is 0 Å². The van der Waals surface area contributed by atoms with E-state index in [4.69, 9.17) is 4.74 Å². The van der Waals surface area contributed by atoms with Crippen LogP contribution in [0.1, 0.15) is 11.1 Å². The molecule has 0 atom stereocenters. The van der Waals surface area contributed by atoms with E-state index in [0.29, 0.717) is 11.3 Å². The number of anilines is 1. The Labute approximate surface area is 137 Å². The van der Waals surface area contributed by atoms with Gasteiger partial charge in [-0.15, -0.1) is 0 Å². The Kier molecular flexibility index (Phi) is 5.83. The van der Waals surface area contributed by atoms with Crippen LogP contribution in [0.4, 0.5) is 14.5 Å².